The Hall–Kier alpha value is -1.46. The van der Waals surface area contributed by atoms with Gasteiger partial charge in [-0.3, -0.25) is 9.59 Å². The van der Waals surface area contributed by atoms with Gasteiger partial charge in [-0.1, -0.05) is 0 Å². The predicted octanol–water partition coefficient (Wildman–Crippen LogP) is 0.118. The molecule has 0 fully saturated rings. The zero-order chi connectivity index (χ0) is 13.2. The van der Waals surface area contributed by atoms with Gasteiger partial charge >= 0.3 is 0 Å². The molecule has 0 aromatic rings. The highest BCUT2D eigenvalue weighted by Gasteiger charge is 2.33. The van der Waals surface area contributed by atoms with Crippen LogP contribution in [0.15, 0.2) is 22.5 Å². The van der Waals surface area contributed by atoms with Crippen LogP contribution in [0, 0.1) is 0 Å². The number of allylic oxidation sites excluding steroid dienone is 2. The minimum Gasteiger partial charge on any atom is -0.492 e. The maximum absolute atomic E-state index is 12.0. The normalized spacial score (nSPS) is 18.9. The summed E-state index contributed by atoms with van der Waals surface area (Å²) < 4.78 is 4.87. The quantitative estimate of drug-likeness (QED) is 0.682. The van der Waals surface area contributed by atoms with Crippen LogP contribution in [0.3, 0.4) is 0 Å². The van der Waals surface area contributed by atoms with Crippen molar-refractivity contribution in [3.8, 4) is 0 Å². The van der Waals surface area contributed by atoms with Crippen LogP contribution in [0.4, 0.5) is 0 Å². The molecule has 0 saturated carbocycles. The van der Waals surface area contributed by atoms with Gasteiger partial charge in [-0.25, -0.2) is 0 Å². The first-order valence-corrected chi connectivity index (χ1v) is 5.29. The summed E-state index contributed by atoms with van der Waals surface area (Å²) in [5.41, 5.74) is 0.490. The third kappa shape index (κ3) is 2.45. The number of methoxy groups -OCH3 is 1. The minimum atomic E-state index is -0.717. The zero-order valence-electron chi connectivity index (χ0n) is 10.1. The van der Waals surface area contributed by atoms with Crippen molar-refractivity contribution in [1.82, 2.24) is 0 Å². The van der Waals surface area contributed by atoms with E-state index in [0.717, 1.165) is 0 Å². The van der Waals surface area contributed by atoms with Gasteiger partial charge in [0.15, 0.2) is 11.5 Å². The van der Waals surface area contributed by atoms with E-state index in [-0.39, 0.29) is 28.9 Å². The first-order valence-electron chi connectivity index (χ1n) is 5.29. The first-order chi connectivity index (χ1) is 7.93. The number of ketones is 2. The van der Waals surface area contributed by atoms with Crippen LogP contribution in [0.1, 0.15) is 20.3 Å². The maximum atomic E-state index is 12.0. The standard InChI is InChI=1S/C12H16O5/c1-6(14)4-8-7(2)10(15)9(5-13)12(17-3)11(8)16/h6,13-14H,4-5H2,1-3H3/t6-/m0/s1. The summed E-state index contributed by atoms with van der Waals surface area (Å²) in [6.45, 7) is 2.52. The largest absolute Gasteiger partial charge is 0.492 e. The third-order valence-corrected chi connectivity index (χ3v) is 2.68. The Kier molecular flexibility index (Phi) is 4.20. The number of ether oxygens (including phenoxy) is 1. The number of hydrogen-bond donors (Lipinski definition) is 2. The van der Waals surface area contributed by atoms with Crippen LogP contribution in [0.5, 0.6) is 0 Å². The van der Waals surface area contributed by atoms with Crippen molar-refractivity contribution < 1.29 is 24.5 Å². The summed E-state index contributed by atoms with van der Waals surface area (Å²) in [5, 5.41) is 18.4. The summed E-state index contributed by atoms with van der Waals surface area (Å²) in [5.74, 6) is -0.965. The third-order valence-electron chi connectivity index (χ3n) is 2.68. The van der Waals surface area contributed by atoms with Crippen molar-refractivity contribution in [2.45, 2.75) is 26.4 Å². The molecule has 5 nitrogen and oxygen atoms in total. The van der Waals surface area contributed by atoms with Gasteiger partial charge in [-0.05, 0) is 13.8 Å². The fourth-order valence-corrected chi connectivity index (χ4v) is 1.81. The maximum Gasteiger partial charge on any atom is 0.224 e. The fourth-order valence-electron chi connectivity index (χ4n) is 1.81. The number of aliphatic hydroxyl groups is 2. The van der Waals surface area contributed by atoms with Crippen LogP contribution >= 0.6 is 0 Å². The van der Waals surface area contributed by atoms with Gasteiger partial charge in [0.05, 0.1) is 25.4 Å². The smallest absolute Gasteiger partial charge is 0.224 e. The molecule has 0 heterocycles. The zero-order valence-corrected chi connectivity index (χ0v) is 10.1. The van der Waals surface area contributed by atoms with Gasteiger partial charge in [0.2, 0.25) is 5.78 Å². The SMILES string of the molecule is COC1=C(CO)C(=O)C(C)=C(C[C@H](C)O)C1=O. The summed E-state index contributed by atoms with van der Waals surface area (Å²) in [7, 11) is 1.27. The number of aliphatic hydroxyl groups excluding tert-OH is 2. The molecule has 0 amide bonds. The van der Waals surface area contributed by atoms with E-state index in [1.807, 2.05) is 0 Å². The van der Waals surface area contributed by atoms with Crippen LogP contribution in [-0.4, -0.2) is 41.6 Å². The molecule has 0 aliphatic heterocycles. The average molecular weight is 240 g/mol. The van der Waals surface area contributed by atoms with Crippen LogP contribution < -0.4 is 0 Å². The lowest BCUT2D eigenvalue weighted by atomic mass is 9.86. The van der Waals surface area contributed by atoms with Crippen molar-refractivity contribution in [3.63, 3.8) is 0 Å². The van der Waals surface area contributed by atoms with E-state index >= 15 is 0 Å². The highest BCUT2D eigenvalue weighted by atomic mass is 16.5. The molecule has 0 aromatic carbocycles. The van der Waals surface area contributed by atoms with E-state index in [9.17, 15) is 14.7 Å². The van der Waals surface area contributed by atoms with E-state index in [4.69, 9.17) is 9.84 Å². The fraction of sp³-hybridized carbons (Fsp3) is 0.500. The molecule has 1 aliphatic carbocycles. The molecule has 0 spiro atoms. The van der Waals surface area contributed by atoms with Crippen molar-refractivity contribution in [1.29, 1.82) is 0 Å². The summed E-state index contributed by atoms with van der Waals surface area (Å²) in [4.78, 5) is 23.9. The molecule has 0 saturated heterocycles. The van der Waals surface area contributed by atoms with Crippen molar-refractivity contribution in [3.05, 3.63) is 22.5 Å². The lowest BCUT2D eigenvalue weighted by molar-refractivity contribution is -0.119. The predicted molar refractivity (Wildman–Crippen MR) is 60.1 cm³/mol. The molecule has 0 radical (unpaired) electrons. The lowest BCUT2D eigenvalue weighted by Crippen LogP contribution is -2.27. The number of Topliss-reactive ketones (excluding diaryl/α,β-unsaturated/α-hetero) is 2. The van der Waals surface area contributed by atoms with Crippen molar-refractivity contribution in [2.75, 3.05) is 13.7 Å². The van der Waals surface area contributed by atoms with E-state index in [1.54, 1.807) is 0 Å². The minimum absolute atomic E-state index is 0.0238. The Morgan fingerprint density at radius 2 is 1.82 bits per heavy atom. The molecule has 17 heavy (non-hydrogen) atoms. The lowest BCUT2D eigenvalue weighted by Gasteiger charge is -2.21. The highest BCUT2D eigenvalue weighted by molar-refractivity contribution is 6.24. The van der Waals surface area contributed by atoms with Crippen molar-refractivity contribution in [2.24, 2.45) is 0 Å². The molecule has 0 aromatic heterocycles. The van der Waals surface area contributed by atoms with Gasteiger partial charge in [-0.15, -0.1) is 0 Å². The molecule has 0 unspecified atom stereocenters. The van der Waals surface area contributed by atoms with E-state index in [2.05, 4.69) is 0 Å². The molecule has 2 N–H and O–H groups in total. The van der Waals surface area contributed by atoms with Gasteiger partial charge < -0.3 is 14.9 Å². The number of hydrogen-bond acceptors (Lipinski definition) is 5. The van der Waals surface area contributed by atoms with Crippen LogP contribution in [-0.2, 0) is 14.3 Å². The van der Waals surface area contributed by atoms with Crippen LogP contribution in [0.25, 0.3) is 0 Å². The topological polar surface area (TPSA) is 83.8 Å². The highest BCUT2D eigenvalue weighted by Crippen LogP contribution is 2.27. The second-order valence-electron chi connectivity index (χ2n) is 3.98. The summed E-state index contributed by atoms with van der Waals surface area (Å²) in [6, 6.07) is 0. The molecule has 1 rings (SSSR count). The molecule has 0 bridgehead atoms. The Morgan fingerprint density at radius 3 is 2.24 bits per heavy atom. The molecular formula is C12H16O5. The monoisotopic (exact) mass is 240 g/mol. The Bertz CT molecular complexity index is 415. The number of carbonyl (C=O) groups excluding carboxylic acids is 2. The second-order valence-corrected chi connectivity index (χ2v) is 3.98. The Labute approximate surface area is 99.4 Å². The van der Waals surface area contributed by atoms with E-state index in [0.29, 0.717) is 0 Å². The number of carbonyl (C=O) groups is 2. The van der Waals surface area contributed by atoms with E-state index < -0.39 is 24.3 Å². The molecule has 1 atom stereocenters. The molecule has 94 valence electrons. The average Bonchev–Trinajstić information content (AvgIpc) is 2.28. The van der Waals surface area contributed by atoms with Crippen LogP contribution in [0.2, 0.25) is 0 Å². The Morgan fingerprint density at radius 1 is 1.24 bits per heavy atom. The Balaban J connectivity index is 3.24. The summed E-state index contributed by atoms with van der Waals surface area (Å²) in [6.07, 6.45) is -0.618. The summed E-state index contributed by atoms with van der Waals surface area (Å²) >= 11 is 0. The molecule has 5 heteroatoms. The van der Waals surface area contributed by atoms with E-state index in [1.165, 1.54) is 21.0 Å². The first kappa shape index (κ1) is 13.6. The van der Waals surface area contributed by atoms with Gasteiger partial charge in [-0.2, -0.15) is 0 Å². The van der Waals surface area contributed by atoms with Crippen molar-refractivity contribution >= 4 is 11.6 Å². The number of rotatable bonds is 4. The van der Waals surface area contributed by atoms with Gasteiger partial charge in [0.1, 0.15) is 0 Å². The van der Waals surface area contributed by atoms with Gasteiger partial charge in [0.25, 0.3) is 0 Å². The molecular weight excluding hydrogens is 224 g/mol. The van der Waals surface area contributed by atoms with Gasteiger partial charge in [0, 0.05) is 17.6 Å². The molecule has 1 aliphatic rings. The second kappa shape index (κ2) is 5.25.